The number of imidazole rings is 2. The van der Waals surface area contributed by atoms with Gasteiger partial charge in [-0.25, -0.2) is 14.8 Å². The molecular formula is C26H32N8O6. The van der Waals surface area contributed by atoms with Crippen molar-refractivity contribution in [3.63, 3.8) is 0 Å². The highest BCUT2D eigenvalue weighted by Crippen LogP contribution is 2.20. The van der Waals surface area contributed by atoms with Gasteiger partial charge < -0.3 is 41.4 Å². The number of carboxylic acid groups (broad SMARTS) is 1. The Labute approximate surface area is 229 Å². The number of aromatic nitrogens is 4. The molecule has 8 N–H and O–H groups in total. The number of carbonyl (C=O) groups is 4. The minimum absolute atomic E-state index is 0.0344. The van der Waals surface area contributed by atoms with Gasteiger partial charge in [-0.05, 0) is 30.5 Å². The molecule has 0 aliphatic carbocycles. The van der Waals surface area contributed by atoms with Crippen LogP contribution < -0.4 is 16.4 Å². The molecule has 0 spiro atoms. The van der Waals surface area contributed by atoms with Gasteiger partial charge in [0.05, 0.1) is 18.7 Å². The van der Waals surface area contributed by atoms with Crippen LogP contribution in [0.4, 0.5) is 0 Å². The molecule has 0 radical (unpaired) electrons. The van der Waals surface area contributed by atoms with E-state index in [2.05, 4.69) is 30.6 Å². The molecule has 1 fully saturated rings. The molecule has 14 nitrogen and oxygen atoms in total. The minimum Gasteiger partial charge on any atom is -0.508 e. The summed E-state index contributed by atoms with van der Waals surface area (Å²) in [6.07, 6.45) is 7.04. The van der Waals surface area contributed by atoms with Crippen LogP contribution >= 0.6 is 0 Å². The van der Waals surface area contributed by atoms with E-state index in [4.69, 9.17) is 5.73 Å². The number of rotatable bonds is 12. The van der Waals surface area contributed by atoms with Crippen LogP contribution in [0.1, 0.15) is 29.8 Å². The lowest BCUT2D eigenvalue weighted by molar-refractivity contribution is -0.149. The van der Waals surface area contributed by atoms with Gasteiger partial charge in [-0.1, -0.05) is 12.1 Å². The zero-order valence-corrected chi connectivity index (χ0v) is 21.6. The van der Waals surface area contributed by atoms with Crippen LogP contribution in [0.15, 0.2) is 49.3 Å². The molecule has 4 rings (SSSR count). The fraction of sp³-hybridized carbons (Fsp3) is 0.385. The Morgan fingerprint density at radius 3 is 2.17 bits per heavy atom. The highest BCUT2D eigenvalue weighted by Gasteiger charge is 2.38. The third-order valence-corrected chi connectivity index (χ3v) is 6.76. The minimum atomic E-state index is -1.13. The number of aliphatic carboxylic acids is 1. The number of nitrogens with zero attached hydrogens (tertiary/aromatic N) is 3. The van der Waals surface area contributed by atoms with Crippen molar-refractivity contribution in [1.29, 1.82) is 0 Å². The molecule has 1 aromatic carbocycles. The fourth-order valence-electron chi connectivity index (χ4n) is 4.66. The molecular weight excluding hydrogens is 520 g/mol. The molecule has 1 saturated heterocycles. The SMILES string of the molecule is NC(Cc1cnc[nH]1)C(=O)NC(Cc1ccc(O)cc1)C(=O)NC(Cc1cnc[nH]1)C(=O)N1CCCC1C(=O)O. The van der Waals surface area contributed by atoms with E-state index in [9.17, 15) is 29.4 Å². The smallest absolute Gasteiger partial charge is 0.326 e. The van der Waals surface area contributed by atoms with Crippen LogP contribution in [-0.2, 0) is 38.4 Å². The summed E-state index contributed by atoms with van der Waals surface area (Å²) in [7, 11) is 0. The molecule has 4 unspecified atom stereocenters. The average Bonchev–Trinajstić information content (AvgIpc) is 3.72. The Kier molecular flexibility index (Phi) is 9.11. The molecule has 1 aliphatic rings. The fourth-order valence-corrected chi connectivity index (χ4v) is 4.66. The van der Waals surface area contributed by atoms with Crippen molar-refractivity contribution in [3.8, 4) is 5.75 Å². The lowest BCUT2D eigenvalue weighted by Crippen LogP contribution is -2.58. The van der Waals surface area contributed by atoms with E-state index < -0.39 is 47.9 Å². The van der Waals surface area contributed by atoms with Gasteiger partial charge >= 0.3 is 5.97 Å². The first-order valence-electron chi connectivity index (χ1n) is 12.8. The predicted molar refractivity (Wildman–Crippen MR) is 141 cm³/mol. The lowest BCUT2D eigenvalue weighted by atomic mass is 10.0. The zero-order valence-electron chi connectivity index (χ0n) is 21.6. The van der Waals surface area contributed by atoms with Gasteiger partial charge in [0.1, 0.15) is 23.9 Å². The Balaban J connectivity index is 1.54. The topological polar surface area (TPSA) is 219 Å². The Bertz CT molecular complexity index is 1300. The average molecular weight is 553 g/mol. The summed E-state index contributed by atoms with van der Waals surface area (Å²) in [4.78, 5) is 66.8. The van der Waals surface area contributed by atoms with E-state index in [1.54, 1.807) is 18.3 Å². The number of phenols is 1. The van der Waals surface area contributed by atoms with E-state index in [0.29, 0.717) is 29.8 Å². The molecule has 40 heavy (non-hydrogen) atoms. The summed E-state index contributed by atoms with van der Waals surface area (Å²) < 4.78 is 0. The Hall–Kier alpha value is -4.72. The monoisotopic (exact) mass is 552 g/mol. The first-order valence-corrected chi connectivity index (χ1v) is 12.8. The largest absolute Gasteiger partial charge is 0.508 e. The van der Waals surface area contributed by atoms with Crippen molar-refractivity contribution >= 4 is 23.7 Å². The number of phenolic OH excluding ortho intramolecular Hbond substituents is 1. The second kappa shape index (κ2) is 12.9. The molecule has 0 bridgehead atoms. The summed E-state index contributed by atoms with van der Waals surface area (Å²) in [6.45, 7) is 0.251. The number of nitrogens with one attached hydrogen (secondary N) is 4. The first-order chi connectivity index (χ1) is 19.2. The molecule has 3 amide bonds. The van der Waals surface area contributed by atoms with Gasteiger partial charge in [0.15, 0.2) is 0 Å². The second-order valence-corrected chi connectivity index (χ2v) is 9.69. The lowest BCUT2D eigenvalue weighted by Gasteiger charge is -2.29. The summed E-state index contributed by atoms with van der Waals surface area (Å²) in [6, 6.07) is 1.92. The van der Waals surface area contributed by atoms with E-state index in [0.717, 1.165) is 0 Å². The number of hydrogen-bond donors (Lipinski definition) is 7. The van der Waals surface area contributed by atoms with Crippen molar-refractivity contribution in [2.24, 2.45) is 5.73 Å². The highest BCUT2D eigenvalue weighted by molar-refractivity contribution is 5.94. The van der Waals surface area contributed by atoms with Crippen LogP contribution in [0.5, 0.6) is 5.75 Å². The van der Waals surface area contributed by atoms with Crippen LogP contribution in [-0.4, -0.2) is 89.5 Å². The maximum absolute atomic E-state index is 13.6. The number of aromatic hydroxyl groups is 1. The molecule has 212 valence electrons. The van der Waals surface area contributed by atoms with Crippen molar-refractivity contribution < 1.29 is 29.4 Å². The van der Waals surface area contributed by atoms with Gasteiger partial charge in [-0.15, -0.1) is 0 Å². The van der Waals surface area contributed by atoms with Crippen molar-refractivity contribution in [1.82, 2.24) is 35.5 Å². The number of aromatic amines is 2. The van der Waals surface area contributed by atoms with Crippen LogP contribution in [0.25, 0.3) is 0 Å². The number of amides is 3. The summed E-state index contributed by atoms with van der Waals surface area (Å²) in [5.41, 5.74) is 7.93. The summed E-state index contributed by atoms with van der Waals surface area (Å²) in [5.74, 6) is -2.85. The van der Waals surface area contributed by atoms with E-state index in [1.807, 2.05) is 0 Å². The third kappa shape index (κ3) is 7.22. The normalized spacial score (nSPS) is 17.1. The number of hydrogen-bond acceptors (Lipinski definition) is 8. The number of nitrogens with two attached hydrogens (primary N) is 1. The molecule has 0 saturated carbocycles. The number of likely N-dealkylation sites (tertiary alicyclic amines) is 1. The standard InChI is InChI=1S/C26H32N8O6/c27-19(9-16-11-28-13-30-16)23(36)32-20(8-15-3-5-18(35)6-4-15)24(37)33-21(10-17-12-29-14-31-17)25(38)34-7-1-2-22(34)26(39)40/h3-6,11-14,19-22,35H,1-2,7-10,27H2,(H,28,30)(H,29,31)(H,32,36)(H,33,37)(H,39,40). The number of carbonyl (C=O) groups excluding carboxylic acids is 3. The number of carboxylic acids is 1. The molecule has 2 aromatic heterocycles. The van der Waals surface area contributed by atoms with E-state index >= 15 is 0 Å². The maximum atomic E-state index is 13.6. The molecule has 14 heteroatoms. The third-order valence-electron chi connectivity index (χ3n) is 6.76. The number of benzene rings is 1. The predicted octanol–water partition coefficient (Wildman–Crippen LogP) is -0.761. The number of H-pyrrole nitrogens is 2. The van der Waals surface area contributed by atoms with E-state index in [-0.39, 0.29) is 31.6 Å². The van der Waals surface area contributed by atoms with Crippen molar-refractivity contribution in [2.45, 2.75) is 56.3 Å². The van der Waals surface area contributed by atoms with E-state index in [1.165, 1.54) is 35.9 Å². The van der Waals surface area contributed by atoms with Gasteiger partial charge in [-0.3, -0.25) is 14.4 Å². The van der Waals surface area contributed by atoms with Crippen LogP contribution in [0, 0.1) is 0 Å². The van der Waals surface area contributed by atoms with Crippen molar-refractivity contribution in [3.05, 3.63) is 66.3 Å². The molecule has 4 atom stereocenters. The molecule has 3 heterocycles. The van der Waals surface area contributed by atoms with Crippen molar-refractivity contribution in [2.75, 3.05) is 6.54 Å². The maximum Gasteiger partial charge on any atom is 0.326 e. The second-order valence-electron chi connectivity index (χ2n) is 9.69. The zero-order chi connectivity index (χ0) is 28.6. The van der Waals surface area contributed by atoms with Gasteiger partial charge in [-0.2, -0.15) is 0 Å². The van der Waals surface area contributed by atoms with Crippen LogP contribution in [0.2, 0.25) is 0 Å². The quantitative estimate of drug-likeness (QED) is 0.150. The summed E-state index contributed by atoms with van der Waals surface area (Å²) in [5, 5.41) is 24.6. The summed E-state index contributed by atoms with van der Waals surface area (Å²) >= 11 is 0. The first kappa shape index (κ1) is 28.3. The van der Waals surface area contributed by atoms with Crippen LogP contribution in [0.3, 0.4) is 0 Å². The highest BCUT2D eigenvalue weighted by atomic mass is 16.4. The molecule has 1 aliphatic heterocycles. The Morgan fingerprint density at radius 1 is 0.950 bits per heavy atom. The Morgan fingerprint density at radius 2 is 1.57 bits per heavy atom. The van der Waals surface area contributed by atoms with Gasteiger partial charge in [0.25, 0.3) is 0 Å². The van der Waals surface area contributed by atoms with Gasteiger partial charge in [0.2, 0.25) is 17.7 Å². The van der Waals surface area contributed by atoms with Gasteiger partial charge in [0, 0.05) is 49.6 Å². The molecule has 3 aromatic rings.